The van der Waals surface area contributed by atoms with Crippen LogP contribution in [0, 0.1) is 12.7 Å². The second-order valence-electron chi connectivity index (χ2n) is 5.12. The summed E-state index contributed by atoms with van der Waals surface area (Å²) in [5, 5.41) is 5.49. The minimum Gasteiger partial charge on any atom is -0.355 e. The van der Waals surface area contributed by atoms with Crippen molar-refractivity contribution in [1.29, 1.82) is 0 Å². The second-order valence-corrected chi connectivity index (χ2v) is 5.12. The van der Waals surface area contributed by atoms with Crippen molar-refractivity contribution < 1.29 is 14.0 Å². The molecule has 0 radical (unpaired) electrons. The topological polar surface area (TPSA) is 61.4 Å². The minimum atomic E-state index is -0.255. The molecule has 1 aromatic rings. The molecule has 2 N–H and O–H groups in total. The normalized spacial score (nSPS) is 10.6. The van der Waals surface area contributed by atoms with Crippen LogP contribution in [-0.4, -0.2) is 42.9 Å². The lowest BCUT2D eigenvalue weighted by Gasteiger charge is -2.19. The first-order chi connectivity index (χ1) is 10.5. The minimum absolute atomic E-state index is 0.0914. The standard InChI is InChI=1S/C16H24FN3O2/c1-4-18-15(21)10-20(5-2)11-16(22)19-9-13-6-7-14(17)12(3)8-13/h6-8H,4-5,9-11H2,1-3H3,(H,18,21)(H,19,22). The van der Waals surface area contributed by atoms with E-state index in [0.29, 0.717) is 25.2 Å². The smallest absolute Gasteiger partial charge is 0.234 e. The van der Waals surface area contributed by atoms with E-state index in [1.165, 1.54) is 6.07 Å². The van der Waals surface area contributed by atoms with Crippen molar-refractivity contribution in [2.24, 2.45) is 0 Å². The van der Waals surface area contributed by atoms with Crippen LogP contribution in [0.5, 0.6) is 0 Å². The number of halogens is 1. The van der Waals surface area contributed by atoms with Crippen LogP contribution in [0.2, 0.25) is 0 Å². The molecule has 0 unspecified atom stereocenters. The van der Waals surface area contributed by atoms with E-state index in [1.807, 2.05) is 13.8 Å². The first-order valence-corrected chi connectivity index (χ1v) is 7.47. The van der Waals surface area contributed by atoms with Gasteiger partial charge in [-0.25, -0.2) is 4.39 Å². The summed E-state index contributed by atoms with van der Waals surface area (Å²) in [5.41, 5.74) is 1.40. The zero-order chi connectivity index (χ0) is 16.5. The van der Waals surface area contributed by atoms with E-state index in [-0.39, 0.29) is 30.7 Å². The molecular weight excluding hydrogens is 285 g/mol. The van der Waals surface area contributed by atoms with Crippen LogP contribution in [0.15, 0.2) is 18.2 Å². The third kappa shape index (κ3) is 6.22. The number of hydrogen-bond acceptors (Lipinski definition) is 3. The first-order valence-electron chi connectivity index (χ1n) is 7.47. The van der Waals surface area contributed by atoms with Gasteiger partial charge in [-0.15, -0.1) is 0 Å². The average Bonchev–Trinajstić information content (AvgIpc) is 2.48. The second kappa shape index (κ2) is 9.15. The molecule has 122 valence electrons. The van der Waals surface area contributed by atoms with Crippen LogP contribution in [0.1, 0.15) is 25.0 Å². The highest BCUT2D eigenvalue weighted by Gasteiger charge is 2.12. The van der Waals surface area contributed by atoms with Gasteiger partial charge in [0.2, 0.25) is 11.8 Å². The third-order valence-corrected chi connectivity index (χ3v) is 3.27. The number of likely N-dealkylation sites (N-methyl/N-ethyl adjacent to an activating group) is 2. The number of amides is 2. The molecule has 1 rings (SSSR count). The summed E-state index contributed by atoms with van der Waals surface area (Å²) < 4.78 is 13.2. The van der Waals surface area contributed by atoms with Gasteiger partial charge in [0.05, 0.1) is 13.1 Å². The number of benzene rings is 1. The zero-order valence-electron chi connectivity index (χ0n) is 13.4. The highest BCUT2D eigenvalue weighted by Crippen LogP contribution is 2.08. The van der Waals surface area contributed by atoms with Crippen LogP contribution < -0.4 is 10.6 Å². The van der Waals surface area contributed by atoms with Gasteiger partial charge in [-0.3, -0.25) is 14.5 Å². The first kappa shape index (κ1) is 18.1. The highest BCUT2D eigenvalue weighted by molar-refractivity contribution is 5.81. The Morgan fingerprint density at radius 2 is 1.77 bits per heavy atom. The Balaban J connectivity index is 2.43. The van der Waals surface area contributed by atoms with E-state index in [9.17, 15) is 14.0 Å². The van der Waals surface area contributed by atoms with Gasteiger partial charge in [0.1, 0.15) is 5.82 Å². The molecule has 0 saturated heterocycles. The van der Waals surface area contributed by atoms with Crippen molar-refractivity contribution >= 4 is 11.8 Å². The molecule has 0 heterocycles. The number of hydrogen-bond donors (Lipinski definition) is 2. The fraction of sp³-hybridized carbons (Fsp3) is 0.500. The van der Waals surface area contributed by atoms with Crippen molar-refractivity contribution in [3.8, 4) is 0 Å². The largest absolute Gasteiger partial charge is 0.355 e. The lowest BCUT2D eigenvalue weighted by atomic mass is 10.1. The summed E-state index contributed by atoms with van der Waals surface area (Å²) in [4.78, 5) is 25.2. The lowest BCUT2D eigenvalue weighted by Crippen LogP contribution is -2.42. The Bertz CT molecular complexity index is 520. The van der Waals surface area contributed by atoms with Gasteiger partial charge >= 0.3 is 0 Å². The molecule has 1 aromatic carbocycles. The molecule has 6 heteroatoms. The number of nitrogens with zero attached hydrogens (tertiary/aromatic N) is 1. The van der Waals surface area contributed by atoms with Gasteiger partial charge in [-0.2, -0.15) is 0 Å². The molecule has 0 fully saturated rings. The van der Waals surface area contributed by atoms with Crippen LogP contribution in [-0.2, 0) is 16.1 Å². The SMILES string of the molecule is CCNC(=O)CN(CC)CC(=O)NCc1ccc(F)c(C)c1. The fourth-order valence-electron chi connectivity index (χ4n) is 2.01. The van der Waals surface area contributed by atoms with Gasteiger partial charge in [-0.1, -0.05) is 19.1 Å². The van der Waals surface area contributed by atoms with Crippen molar-refractivity contribution in [3.05, 3.63) is 35.1 Å². The molecule has 2 amide bonds. The molecule has 0 spiro atoms. The van der Waals surface area contributed by atoms with Crippen molar-refractivity contribution in [1.82, 2.24) is 15.5 Å². The van der Waals surface area contributed by atoms with E-state index >= 15 is 0 Å². The van der Waals surface area contributed by atoms with Crippen molar-refractivity contribution in [3.63, 3.8) is 0 Å². The number of nitrogens with one attached hydrogen (secondary N) is 2. The molecule has 0 aliphatic heterocycles. The number of carbonyl (C=O) groups excluding carboxylic acids is 2. The van der Waals surface area contributed by atoms with Crippen LogP contribution in [0.3, 0.4) is 0 Å². The molecule has 0 aliphatic carbocycles. The molecule has 0 atom stereocenters. The Kier molecular flexibility index (Phi) is 7.52. The summed E-state index contributed by atoms with van der Waals surface area (Å²) in [5.74, 6) is -0.506. The Labute approximate surface area is 130 Å². The van der Waals surface area contributed by atoms with E-state index in [1.54, 1.807) is 24.0 Å². The maximum atomic E-state index is 13.2. The Hall–Kier alpha value is -1.95. The van der Waals surface area contributed by atoms with E-state index in [4.69, 9.17) is 0 Å². The van der Waals surface area contributed by atoms with E-state index in [0.717, 1.165) is 5.56 Å². The van der Waals surface area contributed by atoms with Gasteiger partial charge in [0, 0.05) is 13.1 Å². The Morgan fingerprint density at radius 3 is 2.32 bits per heavy atom. The van der Waals surface area contributed by atoms with E-state index < -0.39 is 0 Å². The molecule has 0 saturated carbocycles. The number of aryl methyl sites for hydroxylation is 1. The summed E-state index contributed by atoms with van der Waals surface area (Å²) in [6.07, 6.45) is 0. The average molecular weight is 309 g/mol. The van der Waals surface area contributed by atoms with Crippen molar-refractivity contribution in [2.45, 2.75) is 27.3 Å². The van der Waals surface area contributed by atoms with E-state index in [2.05, 4.69) is 10.6 Å². The van der Waals surface area contributed by atoms with Gasteiger partial charge in [0.25, 0.3) is 0 Å². The van der Waals surface area contributed by atoms with Crippen LogP contribution in [0.4, 0.5) is 4.39 Å². The lowest BCUT2D eigenvalue weighted by molar-refractivity contribution is -0.125. The summed E-state index contributed by atoms with van der Waals surface area (Å²) in [6.45, 7) is 7.33. The monoisotopic (exact) mass is 309 g/mol. The van der Waals surface area contributed by atoms with Gasteiger partial charge in [-0.05, 0) is 37.6 Å². The van der Waals surface area contributed by atoms with Crippen LogP contribution >= 0.6 is 0 Å². The quantitative estimate of drug-likeness (QED) is 0.759. The molecular formula is C16H24FN3O2. The summed E-state index contributed by atoms with van der Waals surface area (Å²) in [6, 6.07) is 4.75. The summed E-state index contributed by atoms with van der Waals surface area (Å²) in [7, 11) is 0. The van der Waals surface area contributed by atoms with Crippen LogP contribution in [0.25, 0.3) is 0 Å². The Morgan fingerprint density at radius 1 is 1.14 bits per heavy atom. The molecule has 5 nitrogen and oxygen atoms in total. The fourth-order valence-corrected chi connectivity index (χ4v) is 2.01. The third-order valence-electron chi connectivity index (χ3n) is 3.27. The molecule has 0 aliphatic rings. The molecule has 0 bridgehead atoms. The van der Waals surface area contributed by atoms with Crippen molar-refractivity contribution in [2.75, 3.05) is 26.2 Å². The number of carbonyl (C=O) groups is 2. The van der Waals surface area contributed by atoms with Gasteiger partial charge < -0.3 is 10.6 Å². The zero-order valence-corrected chi connectivity index (χ0v) is 13.4. The maximum Gasteiger partial charge on any atom is 0.234 e. The summed E-state index contributed by atoms with van der Waals surface area (Å²) >= 11 is 0. The van der Waals surface area contributed by atoms with Gasteiger partial charge in [0.15, 0.2) is 0 Å². The predicted octanol–water partition coefficient (Wildman–Crippen LogP) is 1.21. The predicted molar refractivity (Wildman–Crippen MR) is 83.8 cm³/mol. The highest BCUT2D eigenvalue weighted by atomic mass is 19.1. The number of rotatable bonds is 8. The molecule has 22 heavy (non-hydrogen) atoms. The molecule has 0 aromatic heterocycles. The maximum absolute atomic E-state index is 13.2.